The van der Waals surface area contributed by atoms with Gasteiger partial charge in [-0.1, -0.05) is 61.5 Å². The molecule has 7 rings (SSSR count). The van der Waals surface area contributed by atoms with E-state index < -0.39 is 229 Å². The Morgan fingerprint density at radius 1 is 0.604 bits per heavy atom. The summed E-state index contributed by atoms with van der Waals surface area (Å²) in [5.41, 5.74) is 3.06. The molecule has 96 heavy (non-hydrogen) atoms. The lowest BCUT2D eigenvalue weighted by Gasteiger charge is -2.35. The number of fused-ring (bicyclic) bond motifs is 4. The number of carboxylic acids is 2. The Bertz CT molecular complexity index is 3640. The Balaban J connectivity index is 1.30. The number of nitrogens with one attached hydrogen (secondary N) is 6. The molecule has 1 aromatic carbocycles. The number of carboxylic acid groups (broad SMARTS) is 2. The van der Waals surface area contributed by atoms with Crippen LogP contribution in [0.2, 0.25) is 0 Å². The average molecular weight is 1340 g/mol. The van der Waals surface area contributed by atoms with Crippen LogP contribution in [0, 0.1) is 37.5 Å². The number of nitrogens with zero attached hydrogens (tertiary/aromatic N) is 5. The van der Waals surface area contributed by atoms with Gasteiger partial charge in [-0.15, -0.1) is 0 Å². The fraction of sp³-hybridized carbons (Fsp3) is 0.594. The lowest BCUT2D eigenvalue weighted by atomic mass is 9.98. The van der Waals surface area contributed by atoms with E-state index in [2.05, 4.69) is 31.9 Å². The number of esters is 2. The Morgan fingerprint density at radius 2 is 1.02 bits per heavy atom. The molecule has 4 fully saturated rings. The van der Waals surface area contributed by atoms with Gasteiger partial charge in [0.15, 0.2) is 11.3 Å². The number of anilines is 1. The van der Waals surface area contributed by atoms with Crippen LogP contribution in [0.1, 0.15) is 140 Å². The number of hydrogen-bond donors (Lipinski definition) is 9. The number of aliphatic carboxylic acids is 2. The van der Waals surface area contributed by atoms with Crippen molar-refractivity contribution in [2.45, 2.75) is 182 Å². The van der Waals surface area contributed by atoms with Crippen LogP contribution in [0.4, 0.5) is 5.69 Å². The standard InChI is InChI=1S/C64H86N12O20/c1-27(2)44-61(90)75-21-13-15-36(75)59(88)73(23-19-40(79)80)25-38(77)66-46(29(5)6)63(92)94-33(11)48(57(86)69-44)71-55(84)35-18-17-31(9)53-50(35)68-51-42(43(65)52(83)32(10)54(51)96-53)56(85)72-49-34(12)95-64(93)47(30(7)8)67-39(78)26-74(24-20-41(81)82)60(89)37-16-14-22-76(37)62(91)45(28(3)4)70-58(49)87/h17-18,27-30,33-34,36-37,44-49H,13-16,19-26,65H2,1-12H3,(H,66,77)(H,67,78)(H,69,86)(H,70,87)(H,71,84)(H,72,85)(H,79,80)(H,81,82)/t33-,34+,36-,37+,44+,45-,46+,47-,48+,49-/m0/s1. The number of benzene rings is 2. The van der Waals surface area contributed by atoms with E-state index in [0.29, 0.717) is 18.4 Å². The van der Waals surface area contributed by atoms with Crippen LogP contribution >= 0.6 is 0 Å². The fourth-order valence-electron chi connectivity index (χ4n) is 12.1. The van der Waals surface area contributed by atoms with Gasteiger partial charge in [0.2, 0.25) is 52.7 Å². The summed E-state index contributed by atoms with van der Waals surface area (Å²) in [5.74, 6) is -17.1. The maximum absolute atomic E-state index is 15.2. The Labute approximate surface area is 552 Å². The van der Waals surface area contributed by atoms with Crippen molar-refractivity contribution in [3.63, 3.8) is 0 Å². The van der Waals surface area contributed by atoms with Crippen LogP contribution in [0.5, 0.6) is 0 Å². The largest absolute Gasteiger partial charge is 0.481 e. The van der Waals surface area contributed by atoms with E-state index in [9.17, 15) is 72.5 Å². The Hall–Kier alpha value is -9.78. The molecular weight excluding hydrogens is 1260 g/mol. The van der Waals surface area contributed by atoms with Gasteiger partial charge in [-0.2, -0.15) is 0 Å². The first kappa shape index (κ1) is 73.6. The molecule has 0 bridgehead atoms. The monoisotopic (exact) mass is 1340 g/mol. The van der Waals surface area contributed by atoms with Gasteiger partial charge in [0, 0.05) is 31.7 Å². The summed E-state index contributed by atoms with van der Waals surface area (Å²) in [4.78, 5) is 220. The molecule has 522 valence electrons. The van der Waals surface area contributed by atoms with Crippen molar-refractivity contribution >= 4 is 99.7 Å². The molecule has 5 aliphatic heterocycles. The van der Waals surface area contributed by atoms with Crippen molar-refractivity contribution in [1.29, 1.82) is 0 Å². The highest BCUT2D eigenvalue weighted by molar-refractivity contribution is 6.10. The number of amides is 10. The Morgan fingerprint density at radius 3 is 1.43 bits per heavy atom. The molecule has 0 aromatic heterocycles. The van der Waals surface area contributed by atoms with Gasteiger partial charge in [0.05, 0.1) is 42.7 Å². The molecule has 0 spiro atoms. The summed E-state index contributed by atoms with van der Waals surface area (Å²) in [6, 6.07) is -9.17. The molecule has 32 nitrogen and oxygen atoms in total. The van der Waals surface area contributed by atoms with Gasteiger partial charge in [0.1, 0.15) is 71.8 Å². The van der Waals surface area contributed by atoms with Crippen LogP contribution in [-0.4, -0.2) is 218 Å². The molecule has 0 unspecified atom stereocenters. The molecule has 6 aliphatic rings. The molecule has 10 amide bonds. The highest BCUT2D eigenvalue weighted by Gasteiger charge is 2.46. The predicted molar refractivity (Wildman–Crippen MR) is 339 cm³/mol. The molecular formula is C64H86N12O20. The van der Waals surface area contributed by atoms with Crippen molar-refractivity contribution in [2.24, 2.45) is 23.7 Å². The van der Waals surface area contributed by atoms with Crippen LogP contribution in [0.15, 0.2) is 21.3 Å². The van der Waals surface area contributed by atoms with E-state index in [4.69, 9.17) is 24.6 Å². The average Bonchev–Trinajstić information content (AvgIpc) is 1.02. The molecule has 5 heterocycles. The predicted octanol–water partition coefficient (Wildman–Crippen LogP) is -0.269. The number of nitrogen functional groups attached to an aromatic ring is 1. The zero-order valence-electron chi connectivity index (χ0n) is 55.8. The minimum atomic E-state index is -1.96. The summed E-state index contributed by atoms with van der Waals surface area (Å²) < 4.78 is 18.1. The van der Waals surface area contributed by atoms with Crippen molar-refractivity contribution in [3.05, 3.63) is 44.6 Å². The third-order valence-corrected chi connectivity index (χ3v) is 17.6. The summed E-state index contributed by atoms with van der Waals surface area (Å²) in [6.45, 7) is 15.9. The zero-order chi connectivity index (χ0) is 71.2. The summed E-state index contributed by atoms with van der Waals surface area (Å²) in [7, 11) is 0. The molecule has 1 aromatic rings. The van der Waals surface area contributed by atoms with Gasteiger partial charge in [-0.05, 0) is 88.7 Å². The van der Waals surface area contributed by atoms with Crippen molar-refractivity contribution in [1.82, 2.24) is 56.5 Å². The number of rotatable bonds is 14. The van der Waals surface area contributed by atoms with E-state index >= 15 is 9.59 Å². The molecule has 10 N–H and O–H groups in total. The van der Waals surface area contributed by atoms with Crippen molar-refractivity contribution in [3.8, 4) is 11.5 Å². The maximum Gasteiger partial charge on any atom is 0.329 e. The lowest BCUT2D eigenvalue weighted by Crippen LogP contribution is -2.61. The quantitative estimate of drug-likeness (QED) is 0.0570. The molecule has 1 aliphatic carbocycles. The lowest BCUT2D eigenvalue weighted by molar-refractivity contribution is -0.158. The van der Waals surface area contributed by atoms with Gasteiger partial charge >= 0.3 is 23.9 Å². The number of aromatic nitrogens is 1. The minimum absolute atomic E-state index is 0.0289. The van der Waals surface area contributed by atoms with Gasteiger partial charge in [-0.25, -0.2) is 14.6 Å². The molecule has 10 atom stereocenters. The minimum Gasteiger partial charge on any atom is -0.481 e. The molecule has 0 saturated carbocycles. The van der Waals surface area contributed by atoms with E-state index in [1.165, 1.54) is 42.7 Å². The van der Waals surface area contributed by atoms with Crippen molar-refractivity contribution in [2.75, 3.05) is 45.0 Å². The van der Waals surface area contributed by atoms with E-state index in [1.807, 2.05) is 0 Å². The molecule has 4 saturated heterocycles. The van der Waals surface area contributed by atoms with Crippen LogP contribution in [0.3, 0.4) is 0 Å². The Kier molecular flexibility index (Phi) is 23.6. The highest BCUT2D eigenvalue weighted by atomic mass is 16.6. The van der Waals surface area contributed by atoms with Crippen LogP contribution in [-0.2, 0) is 67.0 Å². The van der Waals surface area contributed by atoms with E-state index in [0.717, 1.165) is 9.80 Å². The van der Waals surface area contributed by atoms with Gasteiger partial charge in [-0.3, -0.25) is 62.3 Å². The van der Waals surface area contributed by atoms with Crippen LogP contribution in [0.25, 0.3) is 22.6 Å². The van der Waals surface area contributed by atoms with Gasteiger partial charge < -0.3 is 81.3 Å². The topological polar surface area (TPSA) is 452 Å². The third-order valence-electron chi connectivity index (χ3n) is 17.6. The van der Waals surface area contributed by atoms with Crippen molar-refractivity contribution < 1.29 is 91.2 Å². The molecule has 32 heteroatoms. The van der Waals surface area contributed by atoms with E-state index in [-0.39, 0.29) is 53.9 Å². The number of carbonyl (C=O) groups excluding carboxylic acids is 12. The second-order valence-corrected chi connectivity index (χ2v) is 26.2. The normalized spacial score (nSPS) is 25.0. The number of nitrogens with two attached hydrogens (primary N) is 1. The SMILES string of the molecule is Cc1c2oc3c(C)ccc(C(=O)N[C@H]4C(=O)N[C@H](C(C)C)C(=O)N5CCC[C@H]5C(=O)N(CCC(=O)O)CC(=O)N[C@H](C(C)C)C(=O)O[C@H]4C)c3nc-2c(C(=O)N[C@@H]2C(=O)N[C@@H](C(C)C)C(=O)N3CCC[C@@H]3C(=O)N(CCC(=O)O)CC(=O)N[C@@H](C(C)C)C(=O)O[C@@H]2C)c(N)c1=O. The number of aryl methyl sites for hydroxylation is 1. The maximum atomic E-state index is 15.2. The smallest absolute Gasteiger partial charge is 0.329 e. The number of carbonyl (C=O) groups is 14. The summed E-state index contributed by atoms with van der Waals surface area (Å²) >= 11 is 0. The van der Waals surface area contributed by atoms with E-state index in [1.54, 1.807) is 62.3 Å². The molecule has 0 radical (unpaired) electrons. The highest BCUT2D eigenvalue weighted by Crippen LogP contribution is 2.35. The first-order valence-electron chi connectivity index (χ1n) is 32.0. The first-order chi connectivity index (χ1) is 45.0. The second-order valence-electron chi connectivity index (χ2n) is 26.2. The summed E-state index contributed by atoms with van der Waals surface area (Å²) in [6.07, 6.45) is -3.49. The number of ether oxygens (including phenoxy) is 2. The fourth-order valence-corrected chi connectivity index (χ4v) is 12.1. The first-order valence-corrected chi connectivity index (χ1v) is 32.0. The number of cyclic esters (lactones) is 2. The zero-order valence-corrected chi connectivity index (χ0v) is 55.8. The second kappa shape index (κ2) is 30.7. The third kappa shape index (κ3) is 16.3. The van der Waals surface area contributed by atoms with Crippen LogP contribution < -0.4 is 43.1 Å². The summed E-state index contributed by atoms with van der Waals surface area (Å²) in [5, 5.41) is 34.6. The number of hydrogen-bond acceptors (Lipinski definition) is 20. The van der Waals surface area contributed by atoms with Gasteiger partial charge in [0.25, 0.3) is 11.8 Å².